The second-order valence-corrected chi connectivity index (χ2v) is 7.47. The summed E-state index contributed by atoms with van der Waals surface area (Å²) < 4.78 is 10.4. The van der Waals surface area contributed by atoms with Crippen LogP contribution in [-0.2, 0) is 14.3 Å². The molecule has 6 nitrogen and oxygen atoms in total. The van der Waals surface area contributed by atoms with Gasteiger partial charge in [0.2, 0.25) is 0 Å². The molecular formula is C17H30N2O4. The van der Waals surface area contributed by atoms with Gasteiger partial charge >= 0.3 is 12.1 Å². The number of methoxy groups -OCH3 is 1. The summed E-state index contributed by atoms with van der Waals surface area (Å²) in [6, 6.07) is 0.227. The summed E-state index contributed by atoms with van der Waals surface area (Å²) >= 11 is 0. The quantitative estimate of drug-likeness (QED) is 0.729. The van der Waals surface area contributed by atoms with Crippen LogP contribution in [0, 0.1) is 0 Å². The smallest absolute Gasteiger partial charge is 0.410 e. The van der Waals surface area contributed by atoms with Crippen molar-refractivity contribution in [3.63, 3.8) is 0 Å². The van der Waals surface area contributed by atoms with E-state index >= 15 is 0 Å². The number of likely N-dealkylation sites (tertiary alicyclic amines) is 2. The van der Waals surface area contributed by atoms with Crippen LogP contribution in [0.3, 0.4) is 0 Å². The van der Waals surface area contributed by atoms with Crippen LogP contribution in [-0.4, -0.2) is 66.3 Å². The molecule has 6 heteroatoms. The van der Waals surface area contributed by atoms with E-state index in [1.165, 1.54) is 7.11 Å². The van der Waals surface area contributed by atoms with E-state index in [1.54, 1.807) is 4.90 Å². The topological polar surface area (TPSA) is 59.1 Å². The molecule has 2 heterocycles. The average molecular weight is 326 g/mol. The number of hydrogen-bond acceptors (Lipinski definition) is 5. The summed E-state index contributed by atoms with van der Waals surface area (Å²) in [6.45, 7) is 7.95. The van der Waals surface area contributed by atoms with Crippen molar-refractivity contribution in [2.75, 3.05) is 26.7 Å². The average Bonchev–Trinajstić information content (AvgIpc) is 2.52. The van der Waals surface area contributed by atoms with E-state index in [1.807, 2.05) is 20.8 Å². The number of piperidine rings is 2. The Morgan fingerprint density at radius 2 is 1.65 bits per heavy atom. The molecular weight excluding hydrogens is 296 g/mol. The summed E-state index contributed by atoms with van der Waals surface area (Å²) in [5, 5.41) is 0. The standard InChI is InChI=1S/C17H30N2O4/c1-17(2,3)23-16(21)18-11-8-13(9-12-18)19-10-6-5-7-14(19)15(20)22-4/h13-14H,5-12H2,1-4H3/t14-/m1/s1. The lowest BCUT2D eigenvalue weighted by Crippen LogP contribution is -2.54. The fourth-order valence-electron chi connectivity index (χ4n) is 3.49. The summed E-state index contributed by atoms with van der Waals surface area (Å²) in [5.74, 6) is -0.126. The molecule has 132 valence electrons. The Morgan fingerprint density at radius 1 is 1.00 bits per heavy atom. The lowest BCUT2D eigenvalue weighted by atomic mass is 9.95. The first-order valence-electron chi connectivity index (χ1n) is 8.63. The molecule has 2 aliphatic rings. The van der Waals surface area contributed by atoms with Gasteiger partial charge in [0.05, 0.1) is 7.11 Å². The summed E-state index contributed by atoms with van der Waals surface area (Å²) in [5.41, 5.74) is -0.462. The van der Waals surface area contributed by atoms with Crippen LogP contribution in [0.25, 0.3) is 0 Å². The molecule has 2 rings (SSSR count). The molecule has 0 saturated carbocycles. The number of rotatable bonds is 2. The van der Waals surface area contributed by atoms with E-state index in [0.717, 1.165) is 38.6 Å². The Labute approximate surface area is 139 Å². The molecule has 0 spiro atoms. The van der Waals surface area contributed by atoms with Crippen molar-refractivity contribution in [2.24, 2.45) is 0 Å². The Balaban J connectivity index is 1.90. The predicted molar refractivity (Wildman–Crippen MR) is 87.2 cm³/mol. The molecule has 0 aromatic rings. The highest BCUT2D eigenvalue weighted by Crippen LogP contribution is 2.26. The number of amides is 1. The largest absolute Gasteiger partial charge is 0.468 e. The molecule has 2 saturated heterocycles. The number of carbonyl (C=O) groups excluding carboxylic acids is 2. The predicted octanol–water partition coefficient (Wildman–Crippen LogP) is 2.41. The Morgan fingerprint density at radius 3 is 2.22 bits per heavy atom. The van der Waals surface area contributed by atoms with Gasteiger partial charge in [0.1, 0.15) is 11.6 Å². The molecule has 0 N–H and O–H groups in total. The van der Waals surface area contributed by atoms with Crippen molar-refractivity contribution in [1.82, 2.24) is 9.80 Å². The minimum absolute atomic E-state index is 0.119. The minimum Gasteiger partial charge on any atom is -0.468 e. The van der Waals surface area contributed by atoms with Crippen molar-refractivity contribution >= 4 is 12.1 Å². The van der Waals surface area contributed by atoms with E-state index in [0.29, 0.717) is 19.1 Å². The Bertz CT molecular complexity index is 425. The zero-order valence-corrected chi connectivity index (χ0v) is 14.8. The van der Waals surface area contributed by atoms with Gasteiger partial charge in [-0.3, -0.25) is 9.69 Å². The van der Waals surface area contributed by atoms with Crippen LogP contribution in [0.1, 0.15) is 52.9 Å². The molecule has 2 fully saturated rings. The number of ether oxygens (including phenoxy) is 2. The molecule has 1 atom stereocenters. The van der Waals surface area contributed by atoms with Crippen LogP contribution < -0.4 is 0 Å². The molecule has 0 aromatic carbocycles. The van der Waals surface area contributed by atoms with Crippen LogP contribution in [0.5, 0.6) is 0 Å². The molecule has 0 radical (unpaired) electrons. The van der Waals surface area contributed by atoms with Gasteiger partial charge in [0.25, 0.3) is 0 Å². The van der Waals surface area contributed by atoms with Crippen molar-refractivity contribution in [3.05, 3.63) is 0 Å². The van der Waals surface area contributed by atoms with E-state index in [9.17, 15) is 9.59 Å². The summed E-state index contributed by atoms with van der Waals surface area (Å²) in [4.78, 5) is 28.2. The van der Waals surface area contributed by atoms with Gasteiger partial charge in [-0.05, 0) is 53.0 Å². The van der Waals surface area contributed by atoms with E-state index in [-0.39, 0.29) is 18.1 Å². The second-order valence-electron chi connectivity index (χ2n) is 7.47. The first kappa shape index (κ1) is 18.0. The minimum atomic E-state index is -0.462. The first-order chi connectivity index (χ1) is 10.8. The van der Waals surface area contributed by atoms with Crippen LogP contribution >= 0.6 is 0 Å². The Kier molecular flexibility index (Phi) is 5.89. The third-order valence-electron chi connectivity index (χ3n) is 4.60. The lowest BCUT2D eigenvalue weighted by molar-refractivity contribution is -0.150. The van der Waals surface area contributed by atoms with Gasteiger partial charge in [0.15, 0.2) is 0 Å². The SMILES string of the molecule is COC(=O)[C@H]1CCCCN1C1CCN(C(=O)OC(C)(C)C)CC1. The highest BCUT2D eigenvalue weighted by atomic mass is 16.6. The lowest BCUT2D eigenvalue weighted by Gasteiger charge is -2.43. The summed E-state index contributed by atoms with van der Waals surface area (Å²) in [7, 11) is 1.46. The fourth-order valence-corrected chi connectivity index (χ4v) is 3.49. The molecule has 2 aliphatic heterocycles. The maximum absolute atomic E-state index is 12.1. The van der Waals surface area contributed by atoms with Gasteiger partial charge in [-0.2, -0.15) is 0 Å². The number of carbonyl (C=O) groups is 2. The molecule has 0 unspecified atom stereocenters. The van der Waals surface area contributed by atoms with Crippen molar-refractivity contribution in [3.8, 4) is 0 Å². The maximum atomic E-state index is 12.1. The molecule has 1 amide bonds. The maximum Gasteiger partial charge on any atom is 0.410 e. The van der Waals surface area contributed by atoms with Crippen LogP contribution in [0.4, 0.5) is 4.79 Å². The van der Waals surface area contributed by atoms with Gasteiger partial charge in [-0.1, -0.05) is 6.42 Å². The summed E-state index contributed by atoms with van der Waals surface area (Å²) in [6.07, 6.45) is 4.60. The zero-order valence-electron chi connectivity index (χ0n) is 14.8. The molecule has 23 heavy (non-hydrogen) atoms. The number of hydrogen-bond donors (Lipinski definition) is 0. The number of nitrogens with zero attached hydrogens (tertiary/aromatic N) is 2. The highest BCUT2D eigenvalue weighted by Gasteiger charge is 2.36. The third-order valence-corrected chi connectivity index (χ3v) is 4.60. The van der Waals surface area contributed by atoms with Gasteiger partial charge in [-0.15, -0.1) is 0 Å². The van der Waals surface area contributed by atoms with Gasteiger partial charge in [-0.25, -0.2) is 4.79 Å². The molecule has 0 aliphatic carbocycles. The number of esters is 1. The fraction of sp³-hybridized carbons (Fsp3) is 0.882. The third kappa shape index (κ3) is 4.83. The van der Waals surface area contributed by atoms with Crippen LogP contribution in [0.2, 0.25) is 0 Å². The van der Waals surface area contributed by atoms with Crippen molar-refractivity contribution < 1.29 is 19.1 Å². The van der Waals surface area contributed by atoms with Crippen molar-refractivity contribution in [2.45, 2.75) is 70.6 Å². The van der Waals surface area contributed by atoms with Gasteiger partial charge < -0.3 is 14.4 Å². The van der Waals surface area contributed by atoms with Gasteiger partial charge in [0, 0.05) is 19.1 Å². The van der Waals surface area contributed by atoms with Crippen molar-refractivity contribution in [1.29, 1.82) is 0 Å². The molecule has 0 bridgehead atoms. The first-order valence-corrected chi connectivity index (χ1v) is 8.63. The van der Waals surface area contributed by atoms with Crippen LogP contribution in [0.15, 0.2) is 0 Å². The second kappa shape index (κ2) is 7.51. The van der Waals surface area contributed by atoms with E-state index < -0.39 is 5.60 Å². The Hall–Kier alpha value is -1.30. The normalized spacial score (nSPS) is 24.3. The van der Waals surface area contributed by atoms with E-state index in [4.69, 9.17) is 9.47 Å². The monoisotopic (exact) mass is 326 g/mol. The van der Waals surface area contributed by atoms with E-state index in [2.05, 4.69) is 4.90 Å². The highest BCUT2D eigenvalue weighted by molar-refractivity contribution is 5.75. The molecule has 0 aromatic heterocycles. The zero-order chi connectivity index (χ0) is 17.0.